The van der Waals surface area contributed by atoms with Crippen molar-refractivity contribution in [3.63, 3.8) is 0 Å². The molecule has 1 fully saturated rings. The van der Waals surface area contributed by atoms with E-state index in [0.29, 0.717) is 22.2 Å². The Hall–Kier alpha value is -2.34. The average Bonchev–Trinajstić information content (AvgIpc) is 2.91. The molecule has 25 heavy (non-hydrogen) atoms. The number of carbonyl (C=O) groups excluding carboxylic acids is 1. The number of hydrogen-bond donors (Lipinski definition) is 1. The fourth-order valence-corrected chi connectivity index (χ4v) is 3.08. The van der Waals surface area contributed by atoms with Crippen molar-refractivity contribution in [1.29, 1.82) is 0 Å². The molecular weight excluding hydrogens is 340 g/mol. The molecule has 1 aromatic carbocycles. The number of ether oxygens (including phenoxy) is 1. The van der Waals surface area contributed by atoms with Crippen LogP contribution in [0.15, 0.2) is 30.6 Å². The Balaban J connectivity index is 1.78. The summed E-state index contributed by atoms with van der Waals surface area (Å²) >= 11 is 6.01. The second kappa shape index (κ2) is 8.16. The second-order valence-electron chi connectivity index (χ2n) is 5.96. The minimum absolute atomic E-state index is 0.316. The zero-order valence-electron chi connectivity index (χ0n) is 14.2. The summed E-state index contributed by atoms with van der Waals surface area (Å²) in [6.07, 6.45) is 6.20. The molecule has 1 aliphatic rings. The molecule has 0 atom stereocenters. The van der Waals surface area contributed by atoms with Crippen LogP contribution in [0.25, 0.3) is 0 Å². The van der Waals surface area contributed by atoms with Gasteiger partial charge in [-0.25, -0.2) is 9.97 Å². The van der Waals surface area contributed by atoms with Crippen molar-refractivity contribution in [1.82, 2.24) is 9.97 Å². The summed E-state index contributed by atoms with van der Waals surface area (Å²) < 4.78 is 5.26. The van der Waals surface area contributed by atoms with Crippen LogP contribution in [0.1, 0.15) is 36.2 Å². The van der Waals surface area contributed by atoms with E-state index in [1.807, 2.05) is 0 Å². The number of amides is 1. The number of halogens is 1. The molecular formula is C18H21ClN4O2. The number of carbonyl (C=O) groups is 1. The summed E-state index contributed by atoms with van der Waals surface area (Å²) in [5.74, 6) is 1.01. The van der Waals surface area contributed by atoms with Crippen LogP contribution in [0.4, 0.5) is 11.5 Å². The molecule has 2 heterocycles. The zero-order chi connectivity index (χ0) is 17.6. The van der Waals surface area contributed by atoms with Gasteiger partial charge in [0.2, 0.25) is 0 Å². The summed E-state index contributed by atoms with van der Waals surface area (Å²) in [5.41, 5.74) is 0.825. The van der Waals surface area contributed by atoms with Crippen LogP contribution in [0.3, 0.4) is 0 Å². The van der Waals surface area contributed by atoms with Crippen LogP contribution in [0, 0.1) is 0 Å². The molecule has 1 N–H and O–H groups in total. The summed E-state index contributed by atoms with van der Waals surface area (Å²) in [6.45, 7) is 1.92. The predicted molar refractivity (Wildman–Crippen MR) is 98.7 cm³/mol. The largest absolute Gasteiger partial charge is 0.495 e. The van der Waals surface area contributed by atoms with Gasteiger partial charge in [-0.05, 0) is 31.0 Å². The van der Waals surface area contributed by atoms with Crippen molar-refractivity contribution < 1.29 is 9.53 Å². The smallest absolute Gasteiger partial charge is 0.274 e. The van der Waals surface area contributed by atoms with E-state index < -0.39 is 0 Å². The predicted octanol–water partition coefficient (Wildman–Crippen LogP) is 3.77. The number of methoxy groups -OCH3 is 1. The lowest BCUT2D eigenvalue weighted by Crippen LogP contribution is -2.25. The highest BCUT2D eigenvalue weighted by molar-refractivity contribution is 6.31. The molecule has 132 valence electrons. The number of nitrogens with one attached hydrogen (secondary N) is 1. The van der Waals surface area contributed by atoms with E-state index in [9.17, 15) is 4.79 Å². The molecule has 0 spiro atoms. The molecule has 0 aliphatic carbocycles. The topological polar surface area (TPSA) is 67.3 Å². The van der Waals surface area contributed by atoms with Gasteiger partial charge in [0.1, 0.15) is 23.6 Å². The highest BCUT2D eigenvalue weighted by Crippen LogP contribution is 2.28. The van der Waals surface area contributed by atoms with Crippen LogP contribution in [-0.2, 0) is 0 Å². The van der Waals surface area contributed by atoms with Crippen LogP contribution in [-0.4, -0.2) is 36.1 Å². The first kappa shape index (κ1) is 17.5. The first-order chi connectivity index (χ1) is 12.2. The van der Waals surface area contributed by atoms with Gasteiger partial charge in [0.05, 0.1) is 12.8 Å². The molecule has 6 nitrogen and oxygen atoms in total. The van der Waals surface area contributed by atoms with Crippen LogP contribution in [0.5, 0.6) is 5.75 Å². The van der Waals surface area contributed by atoms with Crippen LogP contribution in [0.2, 0.25) is 5.02 Å². The normalized spacial score (nSPS) is 14.7. The van der Waals surface area contributed by atoms with Gasteiger partial charge in [-0.2, -0.15) is 0 Å². The van der Waals surface area contributed by atoms with E-state index in [-0.39, 0.29) is 5.91 Å². The summed E-state index contributed by atoms with van der Waals surface area (Å²) in [5, 5.41) is 3.32. The molecule has 0 radical (unpaired) electrons. The van der Waals surface area contributed by atoms with E-state index in [1.54, 1.807) is 31.4 Å². The SMILES string of the molecule is COc1ccc(Cl)cc1NC(=O)c1cc(N2CCCCCC2)ncn1. The van der Waals surface area contributed by atoms with E-state index >= 15 is 0 Å². The quantitative estimate of drug-likeness (QED) is 0.898. The first-order valence-electron chi connectivity index (χ1n) is 8.39. The number of anilines is 2. The van der Waals surface area contributed by atoms with Crippen molar-refractivity contribution >= 4 is 29.0 Å². The Morgan fingerprint density at radius 1 is 1.16 bits per heavy atom. The number of rotatable bonds is 4. The zero-order valence-corrected chi connectivity index (χ0v) is 14.9. The van der Waals surface area contributed by atoms with Gasteiger partial charge in [0.15, 0.2) is 0 Å². The van der Waals surface area contributed by atoms with E-state index in [1.165, 1.54) is 19.2 Å². The summed E-state index contributed by atoms with van der Waals surface area (Å²) in [4.78, 5) is 23.2. The monoisotopic (exact) mass is 360 g/mol. The van der Waals surface area contributed by atoms with Crippen LogP contribution < -0.4 is 15.0 Å². The molecule has 1 aliphatic heterocycles. The highest BCUT2D eigenvalue weighted by atomic mass is 35.5. The summed E-state index contributed by atoms with van der Waals surface area (Å²) in [6, 6.07) is 6.80. The van der Waals surface area contributed by atoms with E-state index in [0.717, 1.165) is 31.7 Å². The lowest BCUT2D eigenvalue weighted by Gasteiger charge is -2.21. The minimum Gasteiger partial charge on any atom is -0.495 e. The molecule has 3 rings (SSSR count). The Kier molecular flexibility index (Phi) is 5.71. The molecule has 0 saturated carbocycles. The molecule has 0 unspecified atom stereocenters. The molecule has 2 aromatic rings. The minimum atomic E-state index is -0.320. The first-order valence-corrected chi connectivity index (χ1v) is 8.77. The lowest BCUT2D eigenvalue weighted by atomic mass is 10.2. The molecule has 1 aromatic heterocycles. The number of hydrogen-bond acceptors (Lipinski definition) is 5. The van der Waals surface area contributed by atoms with Crippen molar-refractivity contribution in [3.05, 3.63) is 41.3 Å². The number of nitrogens with zero attached hydrogens (tertiary/aromatic N) is 3. The fraction of sp³-hybridized carbons (Fsp3) is 0.389. The van der Waals surface area contributed by atoms with Crippen molar-refractivity contribution in [2.75, 3.05) is 30.4 Å². The highest BCUT2D eigenvalue weighted by Gasteiger charge is 2.16. The third-order valence-electron chi connectivity index (χ3n) is 4.23. The second-order valence-corrected chi connectivity index (χ2v) is 6.40. The molecule has 7 heteroatoms. The maximum Gasteiger partial charge on any atom is 0.274 e. The Labute approximate surface area is 152 Å². The van der Waals surface area contributed by atoms with E-state index in [4.69, 9.17) is 16.3 Å². The Morgan fingerprint density at radius 3 is 2.64 bits per heavy atom. The van der Waals surface area contributed by atoms with Crippen molar-refractivity contribution in [3.8, 4) is 5.75 Å². The average molecular weight is 361 g/mol. The molecule has 1 amide bonds. The van der Waals surface area contributed by atoms with Gasteiger partial charge in [0, 0.05) is 24.2 Å². The fourth-order valence-electron chi connectivity index (χ4n) is 2.91. The number of benzene rings is 1. The Morgan fingerprint density at radius 2 is 1.92 bits per heavy atom. The molecule has 0 bridgehead atoms. The van der Waals surface area contributed by atoms with Gasteiger partial charge >= 0.3 is 0 Å². The third kappa shape index (κ3) is 4.39. The third-order valence-corrected chi connectivity index (χ3v) is 4.46. The molecule has 1 saturated heterocycles. The van der Waals surface area contributed by atoms with Crippen molar-refractivity contribution in [2.45, 2.75) is 25.7 Å². The standard InChI is InChI=1S/C18H21ClN4O2/c1-25-16-7-6-13(19)10-14(16)22-18(24)15-11-17(21-12-20-15)23-8-4-2-3-5-9-23/h6-7,10-12H,2-5,8-9H2,1H3,(H,22,24). The summed E-state index contributed by atoms with van der Waals surface area (Å²) in [7, 11) is 1.54. The van der Waals surface area contributed by atoms with Gasteiger partial charge in [-0.15, -0.1) is 0 Å². The lowest BCUT2D eigenvalue weighted by molar-refractivity contribution is 0.102. The van der Waals surface area contributed by atoms with Gasteiger partial charge in [-0.1, -0.05) is 24.4 Å². The van der Waals surface area contributed by atoms with Gasteiger partial charge < -0.3 is 15.0 Å². The van der Waals surface area contributed by atoms with Crippen LogP contribution >= 0.6 is 11.6 Å². The maximum absolute atomic E-state index is 12.6. The van der Waals surface area contributed by atoms with Crippen molar-refractivity contribution in [2.24, 2.45) is 0 Å². The maximum atomic E-state index is 12.6. The van der Waals surface area contributed by atoms with Gasteiger partial charge in [0.25, 0.3) is 5.91 Å². The van der Waals surface area contributed by atoms with E-state index in [2.05, 4.69) is 20.2 Å². The Bertz CT molecular complexity index is 746. The van der Waals surface area contributed by atoms with Gasteiger partial charge in [-0.3, -0.25) is 4.79 Å². The number of aromatic nitrogens is 2.